The Morgan fingerprint density at radius 1 is 1.64 bits per heavy atom. The molecule has 0 saturated carbocycles. The first-order valence-electron chi connectivity index (χ1n) is 3.37. The van der Waals surface area contributed by atoms with Crippen LogP contribution in [-0.2, 0) is 0 Å². The third kappa shape index (κ3) is 1.66. The molecule has 11 heavy (non-hydrogen) atoms. The SMILES string of the molecule is N#CCC1C=CC=CC1(N)F. The molecule has 1 aliphatic carbocycles. The van der Waals surface area contributed by atoms with Crippen LogP contribution in [0.5, 0.6) is 0 Å². The van der Waals surface area contributed by atoms with Crippen molar-refractivity contribution in [3.8, 4) is 6.07 Å². The van der Waals surface area contributed by atoms with Gasteiger partial charge in [0.15, 0.2) is 5.79 Å². The Morgan fingerprint density at radius 3 is 2.91 bits per heavy atom. The van der Waals surface area contributed by atoms with Gasteiger partial charge in [0.25, 0.3) is 0 Å². The van der Waals surface area contributed by atoms with Crippen LogP contribution in [0.4, 0.5) is 4.39 Å². The minimum Gasteiger partial charge on any atom is -0.295 e. The molecule has 0 heterocycles. The molecule has 0 fully saturated rings. The van der Waals surface area contributed by atoms with Crippen molar-refractivity contribution in [1.29, 1.82) is 5.26 Å². The third-order valence-electron chi connectivity index (χ3n) is 1.69. The summed E-state index contributed by atoms with van der Waals surface area (Å²) >= 11 is 0. The maximum atomic E-state index is 13.2. The molecule has 0 aliphatic heterocycles. The van der Waals surface area contributed by atoms with Crippen molar-refractivity contribution in [3.63, 3.8) is 0 Å². The highest BCUT2D eigenvalue weighted by atomic mass is 19.1. The van der Waals surface area contributed by atoms with Crippen LogP contribution in [0.2, 0.25) is 0 Å². The van der Waals surface area contributed by atoms with E-state index in [2.05, 4.69) is 0 Å². The average Bonchev–Trinajstić information content (AvgIpc) is 1.94. The average molecular weight is 152 g/mol. The molecule has 0 bridgehead atoms. The Hall–Kier alpha value is -1.14. The van der Waals surface area contributed by atoms with Crippen LogP contribution >= 0.6 is 0 Å². The van der Waals surface area contributed by atoms with E-state index in [4.69, 9.17) is 11.0 Å². The number of halogens is 1. The molecule has 0 aromatic carbocycles. The lowest BCUT2D eigenvalue weighted by Gasteiger charge is -2.24. The molecule has 2 N–H and O–H groups in total. The maximum absolute atomic E-state index is 13.2. The minimum absolute atomic E-state index is 0.119. The summed E-state index contributed by atoms with van der Waals surface area (Å²) in [6.45, 7) is 0. The molecule has 0 saturated heterocycles. The van der Waals surface area contributed by atoms with Gasteiger partial charge in [-0.3, -0.25) is 5.73 Å². The zero-order valence-corrected chi connectivity index (χ0v) is 6.00. The number of nitriles is 1. The van der Waals surface area contributed by atoms with Gasteiger partial charge in [0.05, 0.1) is 6.07 Å². The molecule has 2 unspecified atom stereocenters. The van der Waals surface area contributed by atoms with Gasteiger partial charge in [0.2, 0.25) is 0 Å². The van der Waals surface area contributed by atoms with E-state index in [0.29, 0.717) is 0 Å². The monoisotopic (exact) mass is 152 g/mol. The van der Waals surface area contributed by atoms with Gasteiger partial charge in [-0.25, -0.2) is 4.39 Å². The summed E-state index contributed by atoms with van der Waals surface area (Å²) in [6.07, 6.45) is 6.26. The lowest BCUT2D eigenvalue weighted by atomic mass is 9.91. The fourth-order valence-corrected chi connectivity index (χ4v) is 0.995. The summed E-state index contributed by atoms with van der Waals surface area (Å²) < 4.78 is 13.2. The summed E-state index contributed by atoms with van der Waals surface area (Å²) in [6, 6.07) is 1.89. The fraction of sp³-hybridized carbons (Fsp3) is 0.375. The molecule has 0 aromatic rings. The Bertz CT molecular complexity index is 235. The van der Waals surface area contributed by atoms with E-state index in [-0.39, 0.29) is 6.42 Å². The van der Waals surface area contributed by atoms with E-state index in [1.165, 1.54) is 6.08 Å². The highest BCUT2D eigenvalue weighted by Crippen LogP contribution is 2.25. The number of hydrogen-bond acceptors (Lipinski definition) is 2. The third-order valence-corrected chi connectivity index (χ3v) is 1.69. The van der Waals surface area contributed by atoms with Crippen molar-refractivity contribution in [2.45, 2.75) is 12.2 Å². The molecule has 1 aliphatic rings. The van der Waals surface area contributed by atoms with Gasteiger partial charge in [-0.05, 0) is 6.08 Å². The van der Waals surface area contributed by atoms with E-state index >= 15 is 0 Å². The number of nitrogens with two attached hydrogens (primary N) is 1. The van der Waals surface area contributed by atoms with Crippen molar-refractivity contribution in [2.75, 3.05) is 0 Å². The fourth-order valence-electron chi connectivity index (χ4n) is 0.995. The predicted molar refractivity (Wildman–Crippen MR) is 40.0 cm³/mol. The van der Waals surface area contributed by atoms with Crippen molar-refractivity contribution in [1.82, 2.24) is 0 Å². The second kappa shape index (κ2) is 2.85. The van der Waals surface area contributed by atoms with E-state index in [9.17, 15) is 4.39 Å². The van der Waals surface area contributed by atoms with Crippen molar-refractivity contribution in [3.05, 3.63) is 24.3 Å². The summed E-state index contributed by atoms with van der Waals surface area (Å²) in [5.41, 5.74) is 5.25. The number of nitrogens with zero attached hydrogens (tertiary/aromatic N) is 1. The van der Waals surface area contributed by atoms with Crippen LogP contribution in [-0.4, -0.2) is 5.79 Å². The van der Waals surface area contributed by atoms with Gasteiger partial charge in [-0.1, -0.05) is 18.2 Å². The number of allylic oxidation sites excluding steroid dienone is 2. The Kier molecular flexibility index (Phi) is 2.06. The summed E-state index contributed by atoms with van der Waals surface area (Å²) in [5.74, 6) is -2.35. The summed E-state index contributed by atoms with van der Waals surface area (Å²) in [4.78, 5) is 0. The maximum Gasteiger partial charge on any atom is 0.185 e. The zero-order valence-electron chi connectivity index (χ0n) is 6.00. The highest BCUT2D eigenvalue weighted by molar-refractivity contribution is 5.20. The zero-order chi connectivity index (χ0) is 8.32. The van der Waals surface area contributed by atoms with Crippen molar-refractivity contribution >= 4 is 0 Å². The molecule has 58 valence electrons. The first kappa shape index (κ1) is 7.96. The van der Waals surface area contributed by atoms with Crippen molar-refractivity contribution in [2.24, 2.45) is 11.7 Å². The lowest BCUT2D eigenvalue weighted by Crippen LogP contribution is -2.40. The second-order valence-corrected chi connectivity index (χ2v) is 2.54. The first-order valence-corrected chi connectivity index (χ1v) is 3.37. The molecular weight excluding hydrogens is 143 g/mol. The molecule has 0 aromatic heterocycles. The van der Waals surface area contributed by atoms with Crippen LogP contribution < -0.4 is 5.73 Å². The van der Waals surface area contributed by atoms with Crippen molar-refractivity contribution < 1.29 is 4.39 Å². The Morgan fingerprint density at radius 2 is 2.36 bits per heavy atom. The van der Waals surface area contributed by atoms with Gasteiger partial charge in [0, 0.05) is 12.3 Å². The van der Waals surface area contributed by atoms with Gasteiger partial charge < -0.3 is 0 Å². The second-order valence-electron chi connectivity index (χ2n) is 2.54. The smallest absolute Gasteiger partial charge is 0.185 e. The molecule has 2 nitrogen and oxygen atoms in total. The molecule has 2 atom stereocenters. The first-order chi connectivity index (χ1) is 5.17. The van der Waals surface area contributed by atoms with E-state index in [1.807, 2.05) is 6.07 Å². The lowest BCUT2D eigenvalue weighted by molar-refractivity contribution is 0.175. The standard InChI is InChI=1S/C8H9FN2/c9-8(11)5-2-1-3-7(8)4-6-10/h1-3,5,7H,4,11H2. The molecular formula is C8H9FN2. The van der Waals surface area contributed by atoms with Crippen LogP contribution in [0.25, 0.3) is 0 Å². The molecule has 3 heteroatoms. The van der Waals surface area contributed by atoms with Gasteiger partial charge in [-0.15, -0.1) is 0 Å². The van der Waals surface area contributed by atoms with E-state index < -0.39 is 11.7 Å². The normalized spacial score (nSPS) is 35.2. The number of rotatable bonds is 1. The van der Waals surface area contributed by atoms with Crippen LogP contribution in [0.15, 0.2) is 24.3 Å². The predicted octanol–water partition coefficient (Wildman–Crippen LogP) is 1.27. The number of alkyl halides is 1. The topological polar surface area (TPSA) is 49.8 Å². The van der Waals surface area contributed by atoms with Crippen LogP contribution in [0, 0.1) is 17.2 Å². The number of hydrogen-bond donors (Lipinski definition) is 1. The quantitative estimate of drug-likeness (QED) is 0.575. The molecule has 0 amide bonds. The summed E-state index contributed by atoms with van der Waals surface area (Å²) in [7, 11) is 0. The molecule has 1 rings (SSSR count). The van der Waals surface area contributed by atoms with Gasteiger partial charge in [0.1, 0.15) is 0 Å². The van der Waals surface area contributed by atoms with Gasteiger partial charge in [-0.2, -0.15) is 5.26 Å². The van der Waals surface area contributed by atoms with E-state index in [0.717, 1.165) is 0 Å². The Balaban J connectivity index is 2.73. The van der Waals surface area contributed by atoms with Crippen LogP contribution in [0.1, 0.15) is 6.42 Å². The molecule has 0 radical (unpaired) electrons. The van der Waals surface area contributed by atoms with Crippen LogP contribution in [0.3, 0.4) is 0 Å². The van der Waals surface area contributed by atoms with Gasteiger partial charge >= 0.3 is 0 Å². The molecule has 0 spiro atoms. The highest BCUT2D eigenvalue weighted by Gasteiger charge is 2.31. The summed E-state index contributed by atoms with van der Waals surface area (Å²) in [5, 5.41) is 8.32. The van der Waals surface area contributed by atoms with E-state index in [1.54, 1.807) is 18.2 Å². The Labute approximate surface area is 64.8 Å². The largest absolute Gasteiger partial charge is 0.295 e. The minimum atomic E-state index is -1.84.